The summed E-state index contributed by atoms with van der Waals surface area (Å²) in [5.41, 5.74) is 4.71. The summed E-state index contributed by atoms with van der Waals surface area (Å²) in [7, 11) is 0. The molecular formula is C31H50. The number of rotatable bonds is 13. The van der Waals surface area contributed by atoms with E-state index in [1.807, 2.05) is 0 Å². The molecular weight excluding hydrogens is 372 g/mol. The predicted octanol–water partition coefficient (Wildman–Crippen LogP) is 10.5. The third-order valence-corrected chi connectivity index (χ3v) is 8.28. The Morgan fingerprint density at radius 1 is 0.645 bits per heavy atom. The van der Waals surface area contributed by atoms with E-state index in [0.717, 1.165) is 17.8 Å². The van der Waals surface area contributed by atoms with Crippen LogP contribution in [0.2, 0.25) is 0 Å². The molecule has 0 radical (unpaired) electrons. The van der Waals surface area contributed by atoms with E-state index >= 15 is 0 Å². The van der Waals surface area contributed by atoms with Gasteiger partial charge in [-0.15, -0.1) is 0 Å². The van der Waals surface area contributed by atoms with Crippen molar-refractivity contribution in [2.45, 2.75) is 135 Å². The highest BCUT2D eigenvalue weighted by Gasteiger charge is 2.22. The summed E-state index contributed by atoms with van der Waals surface area (Å²) in [6, 6.07) is 9.76. The first kappa shape index (κ1) is 24.6. The predicted molar refractivity (Wildman–Crippen MR) is 139 cm³/mol. The molecule has 0 heteroatoms. The van der Waals surface area contributed by atoms with Gasteiger partial charge in [-0.1, -0.05) is 115 Å². The minimum absolute atomic E-state index is 0.818. The number of benzene rings is 1. The van der Waals surface area contributed by atoms with E-state index in [1.54, 1.807) is 11.1 Å². The van der Waals surface area contributed by atoms with E-state index in [9.17, 15) is 0 Å². The van der Waals surface area contributed by atoms with Crippen molar-refractivity contribution in [1.29, 1.82) is 0 Å². The van der Waals surface area contributed by atoms with Crippen molar-refractivity contribution < 1.29 is 0 Å². The van der Waals surface area contributed by atoms with Crippen molar-refractivity contribution >= 4 is 5.57 Å². The lowest BCUT2D eigenvalue weighted by molar-refractivity contribution is 0.308. The molecule has 1 saturated carbocycles. The molecule has 2 aliphatic rings. The van der Waals surface area contributed by atoms with Crippen molar-refractivity contribution in [3.8, 4) is 0 Å². The van der Waals surface area contributed by atoms with Crippen LogP contribution in [0.1, 0.15) is 146 Å². The van der Waals surface area contributed by atoms with Crippen LogP contribution in [0.25, 0.3) is 5.57 Å². The fourth-order valence-electron chi connectivity index (χ4n) is 6.14. The van der Waals surface area contributed by atoms with Gasteiger partial charge in [-0.05, 0) is 79.4 Å². The molecule has 0 N–H and O–H groups in total. The largest absolute Gasteiger partial charge is 0.0804 e. The Labute approximate surface area is 194 Å². The maximum absolute atomic E-state index is 2.57. The summed E-state index contributed by atoms with van der Waals surface area (Å²) < 4.78 is 0. The van der Waals surface area contributed by atoms with E-state index in [-0.39, 0.29) is 0 Å². The minimum Gasteiger partial charge on any atom is -0.0804 e. The Balaban J connectivity index is 1.34. The third kappa shape index (κ3) is 8.43. The van der Waals surface area contributed by atoms with Gasteiger partial charge in [0.15, 0.2) is 0 Å². The van der Waals surface area contributed by atoms with Crippen molar-refractivity contribution in [2.24, 2.45) is 11.8 Å². The van der Waals surface area contributed by atoms with Crippen LogP contribution in [0.3, 0.4) is 0 Å². The summed E-state index contributed by atoms with van der Waals surface area (Å²) >= 11 is 0. The maximum atomic E-state index is 2.57. The van der Waals surface area contributed by atoms with Gasteiger partial charge in [-0.3, -0.25) is 0 Å². The van der Waals surface area contributed by atoms with Gasteiger partial charge in [0, 0.05) is 0 Å². The lowest BCUT2D eigenvalue weighted by atomic mass is 9.77. The highest BCUT2D eigenvalue weighted by Crippen LogP contribution is 2.38. The maximum Gasteiger partial charge on any atom is -0.0162 e. The van der Waals surface area contributed by atoms with E-state index in [1.165, 1.54) is 121 Å². The van der Waals surface area contributed by atoms with Gasteiger partial charge in [0.2, 0.25) is 0 Å². The van der Waals surface area contributed by atoms with Crippen molar-refractivity contribution in [3.63, 3.8) is 0 Å². The second-order valence-electron chi connectivity index (χ2n) is 10.8. The van der Waals surface area contributed by atoms with Gasteiger partial charge in [-0.25, -0.2) is 0 Å². The molecule has 0 nitrogen and oxygen atoms in total. The molecule has 0 heterocycles. The van der Waals surface area contributed by atoms with Crippen molar-refractivity contribution in [3.05, 3.63) is 41.5 Å². The normalized spacial score (nSPS) is 24.2. The van der Waals surface area contributed by atoms with E-state index in [0.29, 0.717) is 0 Å². The number of allylic oxidation sites excluding steroid dienone is 2. The van der Waals surface area contributed by atoms with Crippen molar-refractivity contribution in [1.82, 2.24) is 0 Å². The molecule has 1 fully saturated rings. The molecule has 0 bridgehead atoms. The summed E-state index contributed by atoms with van der Waals surface area (Å²) in [5.74, 6) is 2.77. The van der Waals surface area contributed by atoms with Gasteiger partial charge in [0.05, 0.1) is 0 Å². The molecule has 1 atom stereocenters. The molecule has 1 aromatic rings. The monoisotopic (exact) mass is 422 g/mol. The Hall–Kier alpha value is -1.04. The Bertz CT molecular complexity index is 614. The molecule has 31 heavy (non-hydrogen) atoms. The summed E-state index contributed by atoms with van der Waals surface area (Å²) in [6.07, 6.45) is 28.1. The smallest absolute Gasteiger partial charge is 0.0162 e. The van der Waals surface area contributed by atoms with Crippen LogP contribution in [-0.2, 0) is 0 Å². The summed E-state index contributed by atoms with van der Waals surface area (Å²) in [6.45, 7) is 4.64. The Kier molecular flexibility index (Phi) is 11.3. The molecule has 0 aromatic heterocycles. The fraction of sp³-hybridized carbons (Fsp3) is 0.742. The van der Waals surface area contributed by atoms with Crippen LogP contribution >= 0.6 is 0 Å². The first-order chi connectivity index (χ1) is 15.3. The van der Waals surface area contributed by atoms with Crippen LogP contribution in [0.4, 0.5) is 0 Å². The van der Waals surface area contributed by atoms with Crippen LogP contribution in [0.15, 0.2) is 30.3 Å². The molecule has 0 saturated heterocycles. The Morgan fingerprint density at radius 3 is 1.94 bits per heavy atom. The minimum atomic E-state index is 0.818. The lowest BCUT2D eigenvalue weighted by Gasteiger charge is -2.29. The van der Waals surface area contributed by atoms with Gasteiger partial charge in [-0.2, -0.15) is 0 Å². The zero-order chi connectivity index (χ0) is 21.7. The second kappa shape index (κ2) is 14.2. The summed E-state index contributed by atoms with van der Waals surface area (Å²) in [5, 5.41) is 0. The number of hydrogen-bond donors (Lipinski definition) is 0. The van der Waals surface area contributed by atoms with Gasteiger partial charge < -0.3 is 0 Å². The molecule has 3 rings (SSSR count). The van der Waals surface area contributed by atoms with Gasteiger partial charge in [0.25, 0.3) is 0 Å². The molecule has 1 unspecified atom stereocenters. The summed E-state index contributed by atoms with van der Waals surface area (Å²) in [4.78, 5) is 0. The molecule has 0 amide bonds. The SMILES string of the molecule is CCCCCCCCCCC1CC=C(c2ccc(C3CCC(CCC)CC3)cc2)CC1. The first-order valence-corrected chi connectivity index (χ1v) is 14.1. The van der Waals surface area contributed by atoms with Crippen LogP contribution in [-0.4, -0.2) is 0 Å². The van der Waals surface area contributed by atoms with Gasteiger partial charge in [0.1, 0.15) is 0 Å². The lowest BCUT2D eigenvalue weighted by Crippen LogP contribution is -2.13. The zero-order valence-electron chi connectivity index (χ0n) is 20.8. The molecule has 0 aliphatic heterocycles. The molecule has 0 spiro atoms. The highest BCUT2D eigenvalue weighted by molar-refractivity contribution is 5.66. The third-order valence-electron chi connectivity index (χ3n) is 8.28. The van der Waals surface area contributed by atoms with Crippen molar-refractivity contribution in [2.75, 3.05) is 0 Å². The zero-order valence-corrected chi connectivity index (χ0v) is 20.8. The van der Waals surface area contributed by atoms with Crippen LogP contribution < -0.4 is 0 Å². The Morgan fingerprint density at radius 2 is 1.32 bits per heavy atom. The standard InChI is InChI=1S/C31H50/c1-3-5-6-7-8-9-10-11-13-27-16-20-29(21-17-27)31-24-22-30(23-25-31)28-18-14-26(12-4-2)15-19-28/h20,22-28H,3-19,21H2,1-2H3. The van der Waals surface area contributed by atoms with E-state index < -0.39 is 0 Å². The van der Waals surface area contributed by atoms with E-state index in [2.05, 4.69) is 44.2 Å². The quantitative estimate of drug-likeness (QED) is 0.277. The topological polar surface area (TPSA) is 0 Å². The van der Waals surface area contributed by atoms with Crippen LogP contribution in [0.5, 0.6) is 0 Å². The van der Waals surface area contributed by atoms with E-state index in [4.69, 9.17) is 0 Å². The van der Waals surface area contributed by atoms with Crippen LogP contribution in [0, 0.1) is 11.8 Å². The average molecular weight is 423 g/mol. The molecule has 1 aromatic carbocycles. The molecule has 2 aliphatic carbocycles. The first-order valence-electron chi connectivity index (χ1n) is 14.1. The molecule has 174 valence electrons. The second-order valence-corrected chi connectivity index (χ2v) is 10.8. The van der Waals surface area contributed by atoms with Gasteiger partial charge >= 0.3 is 0 Å². The fourth-order valence-corrected chi connectivity index (χ4v) is 6.14. The average Bonchev–Trinajstić information content (AvgIpc) is 2.82. The number of hydrogen-bond acceptors (Lipinski definition) is 0. The highest BCUT2D eigenvalue weighted by atomic mass is 14.3. The number of unbranched alkanes of at least 4 members (excludes halogenated alkanes) is 7.